The lowest BCUT2D eigenvalue weighted by Crippen LogP contribution is -2.29. The molecule has 5 unspecified atom stereocenters. The molecule has 0 heterocycles. The van der Waals surface area contributed by atoms with Crippen LogP contribution in [0.1, 0.15) is 380 Å². The van der Waals surface area contributed by atoms with Crippen LogP contribution in [-0.2, 0) is 55.8 Å². The summed E-state index contributed by atoms with van der Waals surface area (Å²) in [5.41, 5.74) is 0. The fourth-order valence-corrected chi connectivity index (χ4v) is 14.0. The summed E-state index contributed by atoms with van der Waals surface area (Å²) in [6.45, 7) is 2.46. The summed E-state index contributed by atoms with van der Waals surface area (Å²) in [6.07, 6.45) is 117. The predicted octanol–water partition coefficient (Wildman–Crippen LogP) is 28.7. The monoisotopic (exact) mass is 1680 g/mol. The normalized spacial score (nSPS) is 14.6. The van der Waals surface area contributed by atoms with E-state index in [-0.39, 0.29) is 19.3 Å². The number of phosphoric ester groups is 2. The topological polar surface area (TPSA) is 231 Å². The number of hydrogen-bond donors (Lipinski definition) is 4. The van der Waals surface area contributed by atoms with Crippen molar-refractivity contribution in [2.45, 2.75) is 399 Å². The molecule has 0 radical (unpaired) electrons. The van der Waals surface area contributed by atoms with Gasteiger partial charge < -0.3 is 34.2 Å². The van der Waals surface area contributed by atoms with E-state index in [1.807, 2.05) is 18.2 Å². The van der Waals surface area contributed by atoms with Gasteiger partial charge >= 0.3 is 33.6 Å². The fourth-order valence-electron chi connectivity index (χ4n) is 12.4. The molecule has 0 aliphatic carbocycles. The Labute approximate surface area is 713 Å². The zero-order valence-corrected chi connectivity index (χ0v) is 75.6. The molecule has 0 aliphatic rings. The number of carbonyl (C=O) groups is 3. The smallest absolute Gasteiger partial charge is 0.463 e. The second kappa shape index (κ2) is 90.2. The summed E-state index contributed by atoms with van der Waals surface area (Å²) in [4.78, 5) is 58.9. The van der Waals surface area contributed by atoms with Crippen molar-refractivity contribution in [1.82, 2.24) is 0 Å². The third kappa shape index (κ3) is 91.5. The lowest BCUT2D eigenvalue weighted by atomic mass is 10.0. The minimum atomic E-state index is -4.96. The van der Waals surface area contributed by atoms with Crippen LogP contribution in [0.4, 0.5) is 0 Å². The van der Waals surface area contributed by atoms with E-state index >= 15 is 0 Å². The van der Waals surface area contributed by atoms with Crippen molar-refractivity contribution >= 4 is 33.6 Å². The lowest BCUT2D eigenvalue weighted by molar-refractivity contribution is -0.161. The van der Waals surface area contributed by atoms with Crippen molar-refractivity contribution in [3.8, 4) is 0 Å². The van der Waals surface area contributed by atoms with Gasteiger partial charge in [-0.15, -0.1) is 0 Å². The molecule has 18 heteroatoms. The maximum Gasteiger partial charge on any atom is 0.472 e. The van der Waals surface area contributed by atoms with Crippen molar-refractivity contribution in [2.75, 3.05) is 39.6 Å². The van der Waals surface area contributed by atoms with Gasteiger partial charge in [-0.1, -0.05) is 384 Å². The third-order valence-corrected chi connectivity index (χ3v) is 21.3. The van der Waals surface area contributed by atoms with Crippen LogP contribution in [-0.4, -0.2) is 95.9 Å². The molecule has 117 heavy (non-hydrogen) atoms. The molecule has 0 aliphatic heterocycles. The van der Waals surface area contributed by atoms with Gasteiger partial charge in [0.1, 0.15) is 25.4 Å². The average Bonchev–Trinajstić information content (AvgIpc) is 0.898. The first-order valence-corrected chi connectivity index (χ1v) is 49.4. The lowest BCUT2D eigenvalue weighted by Gasteiger charge is -2.21. The zero-order chi connectivity index (χ0) is 85.1. The molecule has 670 valence electrons. The summed E-state index contributed by atoms with van der Waals surface area (Å²) < 4.78 is 61.3. The van der Waals surface area contributed by atoms with Crippen LogP contribution < -0.4 is 0 Å². The molecule has 0 aromatic carbocycles. The molecular weight excluding hydrogens is 1510 g/mol. The highest BCUT2D eigenvalue weighted by Gasteiger charge is 2.29. The Kier molecular flexibility index (Phi) is 86.2. The molecule has 0 amide bonds. The number of unbranched alkanes of at least 4 members (excludes halogenated alkanes) is 36. The van der Waals surface area contributed by atoms with Gasteiger partial charge in [-0.2, -0.15) is 0 Å². The molecule has 0 saturated heterocycles. The van der Waals surface area contributed by atoms with Crippen LogP contribution in [0.5, 0.6) is 0 Å². The van der Waals surface area contributed by atoms with E-state index in [0.29, 0.717) is 25.7 Å². The largest absolute Gasteiger partial charge is 0.472 e. The van der Waals surface area contributed by atoms with Gasteiger partial charge in [-0.3, -0.25) is 32.5 Å². The van der Waals surface area contributed by atoms with Crippen LogP contribution in [0.15, 0.2) is 170 Å². The maximum absolute atomic E-state index is 13.0. The third-order valence-electron chi connectivity index (χ3n) is 19.4. The van der Waals surface area contributed by atoms with Crippen molar-refractivity contribution in [3.05, 3.63) is 170 Å². The number of hydrogen-bond acceptors (Lipinski definition) is 14. The van der Waals surface area contributed by atoms with Crippen molar-refractivity contribution in [2.24, 2.45) is 0 Å². The zero-order valence-electron chi connectivity index (χ0n) is 73.8. The first kappa shape index (κ1) is 112. The van der Waals surface area contributed by atoms with Crippen LogP contribution >= 0.6 is 15.6 Å². The Bertz CT molecular complexity index is 2810. The van der Waals surface area contributed by atoms with Crippen molar-refractivity contribution in [1.29, 1.82) is 0 Å². The maximum atomic E-state index is 13.0. The summed E-state index contributed by atoms with van der Waals surface area (Å²) in [6, 6.07) is 0. The van der Waals surface area contributed by atoms with Gasteiger partial charge in [0.05, 0.1) is 26.4 Å². The van der Waals surface area contributed by atoms with Crippen LogP contribution in [0.2, 0.25) is 0 Å². The second-order valence-electron chi connectivity index (χ2n) is 30.7. The minimum absolute atomic E-state index is 0.0244. The van der Waals surface area contributed by atoms with Crippen LogP contribution in [0.25, 0.3) is 0 Å². The predicted molar refractivity (Wildman–Crippen MR) is 491 cm³/mol. The Morgan fingerprint density at radius 1 is 0.248 bits per heavy atom. The van der Waals surface area contributed by atoms with Gasteiger partial charge in [0.25, 0.3) is 0 Å². The molecule has 4 N–H and O–H groups in total. The number of carbonyl (C=O) groups excluding carboxylic acids is 3. The summed E-state index contributed by atoms with van der Waals surface area (Å²) in [5.74, 6) is -1.67. The Balaban J connectivity index is 4.59. The Hall–Kier alpha value is -5.09. The van der Waals surface area contributed by atoms with Crippen LogP contribution in [0, 0.1) is 0 Å². The molecule has 5 atom stereocenters. The number of ether oxygens (including phenoxy) is 3. The first-order chi connectivity index (χ1) is 57.2. The fraction of sp³-hybridized carbons (Fsp3) is 0.687. The average molecular weight is 1680 g/mol. The van der Waals surface area contributed by atoms with Gasteiger partial charge in [-0.05, 0) is 148 Å². The van der Waals surface area contributed by atoms with E-state index in [0.717, 1.165) is 116 Å². The molecule has 0 aromatic heterocycles. The molecular formula is C99H168O16P2. The molecule has 0 bridgehead atoms. The Morgan fingerprint density at radius 2 is 0.470 bits per heavy atom. The Morgan fingerprint density at radius 3 is 0.752 bits per heavy atom. The van der Waals surface area contributed by atoms with Gasteiger partial charge in [0, 0.05) is 19.3 Å². The number of esters is 3. The van der Waals surface area contributed by atoms with E-state index < -0.39 is 91.5 Å². The molecule has 0 saturated carbocycles. The van der Waals surface area contributed by atoms with Crippen LogP contribution in [0.3, 0.4) is 0 Å². The number of aliphatic hydroxyl groups is 2. The number of aliphatic hydroxyl groups excluding tert-OH is 2. The highest BCUT2D eigenvalue weighted by Crippen LogP contribution is 2.45. The van der Waals surface area contributed by atoms with Gasteiger partial charge in [0.15, 0.2) is 6.10 Å². The molecule has 0 fully saturated rings. The summed E-state index contributed by atoms with van der Waals surface area (Å²) in [5, 5.41) is 20.7. The molecule has 0 spiro atoms. The molecule has 0 aromatic rings. The van der Waals surface area contributed by atoms with E-state index in [1.54, 1.807) is 0 Å². The van der Waals surface area contributed by atoms with Crippen molar-refractivity contribution < 1.29 is 75.8 Å². The van der Waals surface area contributed by atoms with E-state index in [9.17, 15) is 43.5 Å². The standard InChI is InChI=1S/C99H168O16P2/c1-4-7-10-13-16-19-22-25-28-31-34-36-38-40-42-44-46-48-50-52-54-56-59-61-64-67-70-73-76-79-82-85-97(102)109-88-94(100)89-111-116(105,106)112-90-95(101)91-113-117(107,108)114-93-96(115-99(104)87-84-81-78-75-72-69-66-63-58-33-30-27-24-21-18-15-12-9-6-3)92-110-98(103)86-83-80-77-74-71-68-65-62-60-57-55-53-51-49-47-45-43-41-39-37-35-32-29-26-23-20-17-14-11-8-5-2/h9,12,16-21,25-30,34-37,40-43,58,63,69,72,78,81,94-96,100-101H,4-8,10-11,13-15,22-24,31-33,38-39,44-57,59-62,64-68,70-71,73-77,79-80,82-93H2,1-3H3,(H,105,106)(H,107,108)/b12-9-,19-16-,20-17-,21-18-,28-25-,29-26-,30-27-,36-34-,37-35-,42-40-,43-41-,63-58-,72-69-,81-78-. The van der Waals surface area contributed by atoms with E-state index in [1.165, 1.54) is 199 Å². The van der Waals surface area contributed by atoms with E-state index in [2.05, 4.69) is 173 Å². The quantitative estimate of drug-likeness (QED) is 0.0146. The second-order valence-corrected chi connectivity index (χ2v) is 33.6. The van der Waals surface area contributed by atoms with Gasteiger partial charge in [0.2, 0.25) is 0 Å². The highest BCUT2D eigenvalue weighted by atomic mass is 31.2. The minimum Gasteiger partial charge on any atom is -0.463 e. The molecule has 0 rings (SSSR count). The SMILES string of the molecule is CC/C=C\C/C=C\C/C=C\C/C=C\C/C=C\C/C=C\CCC(=O)OC(COC(=O)CCCCCCCCCCCCCCCCC/C=C\C/C=C\C/C=C\C/C=C\CCCCC)COP(=O)(O)OCC(O)COP(=O)(O)OCC(O)COC(=O)CCCCCCCCCCCCCCCCC/C=C\C/C=C\C/C=C\C/C=C\CCCCC. The number of phosphoric acid groups is 2. The first-order valence-electron chi connectivity index (χ1n) is 46.4. The summed E-state index contributed by atoms with van der Waals surface area (Å²) in [7, 11) is -9.84. The molecule has 16 nitrogen and oxygen atoms in total. The summed E-state index contributed by atoms with van der Waals surface area (Å²) >= 11 is 0. The van der Waals surface area contributed by atoms with Crippen molar-refractivity contribution in [3.63, 3.8) is 0 Å². The number of rotatable bonds is 87. The number of allylic oxidation sites excluding steroid dienone is 28. The van der Waals surface area contributed by atoms with Gasteiger partial charge in [-0.25, -0.2) is 9.13 Å². The van der Waals surface area contributed by atoms with E-state index in [4.69, 9.17) is 32.3 Å². The highest BCUT2D eigenvalue weighted by molar-refractivity contribution is 7.47.